The summed E-state index contributed by atoms with van der Waals surface area (Å²) in [5, 5.41) is 0. The van der Waals surface area contributed by atoms with E-state index in [1.54, 1.807) is 6.34 Å². The lowest BCUT2D eigenvalue weighted by molar-refractivity contribution is 0.560. The standard InChI is InChI=1S/C7H11N3/c1-10(2)5-7-3-8-6-9-4-7/h3,5-6H,4H2,1-2H3. The predicted octanol–water partition coefficient (Wildman–Crippen LogP) is 0.545. The van der Waals surface area contributed by atoms with Crippen LogP contribution in [0, 0.1) is 0 Å². The molecule has 0 saturated heterocycles. The molecule has 1 heterocycles. The van der Waals surface area contributed by atoms with Crippen LogP contribution < -0.4 is 0 Å². The van der Waals surface area contributed by atoms with E-state index >= 15 is 0 Å². The number of aliphatic imine (C=N–C) groups is 2. The van der Waals surface area contributed by atoms with Gasteiger partial charge in [0.05, 0.1) is 6.54 Å². The van der Waals surface area contributed by atoms with Gasteiger partial charge in [0.15, 0.2) is 0 Å². The molecule has 1 aliphatic heterocycles. The number of hydrogen-bond acceptors (Lipinski definition) is 3. The summed E-state index contributed by atoms with van der Waals surface area (Å²) in [5.41, 5.74) is 1.15. The quantitative estimate of drug-likeness (QED) is 0.518. The van der Waals surface area contributed by atoms with Crippen LogP contribution in [-0.2, 0) is 0 Å². The van der Waals surface area contributed by atoms with E-state index in [-0.39, 0.29) is 0 Å². The Bertz CT molecular complexity index is 189. The molecular formula is C7H11N3. The van der Waals surface area contributed by atoms with Crippen LogP contribution in [0.2, 0.25) is 0 Å². The first kappa shape index (κ1) is 6.99. The summed E-state index contributed by atoms with van der Waals surface area (Å²) in [6.45, 7) is 0.752. The van der Waals surface area contributed by atoms with Crippen molar-refractivity contribution in [3.8, 4) is 0 Å². The van der Waals surface area contributed by atoms with Crippen LogP contribution in [0.1, 0.15) is 0 Å². The first-order valence-corrected chi connectivity index (χ1v) is 3.17. The highest BCUT2D eigenvalue weighted by molar-refractivity contribution is 5.87. The fourth-order valence-corrected chi connectivity index (χ4v) is 0.769. The van der Waals surface area contributed by atoms with E-state index in [0.29, 0.717) is 0 Å². The average Bonchev–Trinajstić information content (AvgIpc) is 1.88. The topological polar surface area (TPSA) is 28.0 Å². The Kier molecular flexibility index (Phi) is 2.20. The normalized spacial score (nSPS) is 20.0. The maximum Gasteiger partial charge on any atom is 0.110 e. The third-order valence-electron chi connectivity index (χ3n) is 1.09. The Labute approximate surface area is 60.8 Å². The van der Waals surface area contributed by atoms with Crippen LogP contribution in [0.25, 0.3) is 0 Å². The molecular weight excluding hydrogens is 126 g/mol. The van der Waals surface area contributed by atoms with E-state index in [9.17, 15) is 0 Å². The number of hydrogen-bond donors (Lipinski definition) is 0. The lowest BCUT2D eigenvalue weighted by Gasteiger charge is -2.07. The van der Waals surface area contributed by atoms with E-state index < -0.39 is 0 Å². The second-order valence-corrected chi connectivity index (χ2v) is 2.40. The summed E-state index contributed by atoms with van der Waals surface area (Å²) >= 11 is 0. The van der Waals surface area contributed by atoms with Gasteiger partial charge in [0.1, 0.15) is 6.34 Å². The molecule has 0 aromatic heterocycles. The van der Waals surface area contributed by atoms with Gasteiger partial charge in [0.2, 0.25) is 0 Å². The Morgan fingerprint density at radius 3 is 2.90 bits per heavy atom. The highest BCUT2D eigenvalue weighted by Crippen LogP contribution is 1.96. The molecule has 0 N–H and O–H groups in total. The van der Waals surface area contributed by atoms with Crippen LogP contribution >= 0.6 is 0 Å². The predicted molar refractivity (Wildman–Crippen MR) is 43.6 cm³/mol. The minimum absolute atomic E-state index is 0.752. The Morgan fingerprint density at radius 1 is 1.60 bits per heavy atom. The van der Waals surface area contributed by atoms with Crippen molar-refractivity contribution >= 4 is 12.6 Å². The molecule has 0 amide bonds. The fraction of sp³-hybridized carbons (Fsp3) is 0.429. The summed E-state index contributed by atoms with van der Waals surface area (Å²) in [6, 6.07) is 0. The molecule has 0 aromatic rings. The summed E-state index contributed by atoms with van der Waals surface area (Å²) in [6.07, 6.45) is 5.42. The zero-order valence-electron chi connectivity index (χ0n) is 6.28. The van der Waals surface area contributed by atoms with E-state index in [1.807, 2.05) is 31.4 Å². The Hall–Kier alpha value is -1.12. The minimum atomic E-state index is 0.752. The highest BCUT2D eigenvalue weighted by atomic mass is 15.0. The van der Waals surface area contributed by atoms with Crippen molar-refractivity contribution in [2.75, 3.05) is 20.6 Å². The van der Waals surface area contributed by atoms with Gasteiger partial charge in [-0.2, -0.15) is 0 Å². The molecule has 3 heteroatoms. The molecule has 0 radical (unpaired) electrons. The van der Waals surface area contributed by atoms with E-state index in [0.717, 1.165) is 12.1 Å². The lowest BCUT2D eigenvalue weighted by atomic mass is 10.3. The summed E-state index contributed by atoms with van der Waals surface area (Å²) < 4.78 is 0. The third-order valence-corrected chi connectivity index (χ3v) is 1.09. The number of rotatable bonds is 1. The molecule has 0 spiro atoms. The monoisotopic (exact) mass is 137 g/mol. The van der Waals surface area contributed by atoms with Gasteiger partial charge in [-0.15, -0.1) is 0 Å². The molecule has 1 rings (SSSR count). The fourth-order valence-electron chi connectivity index (χ4n) is 0.769. The second-order valence-electron chi connectivity index (χ2n) is 2.40. The molecule has 10 heavy (non-hydrogen) atoms. The SMILES string of the molecule is CN(C)C=C1C=NC=NC1. The van der Waals surface area contributed by atoms with E-state index in [4.69, 9.17) is 0 Å². The van der Waals surface area contributed by atoms with Crippen LogP contribution in [-0.4, -0.2) is 38.1 Å². The summed E-state index contributed by atoms with van der Waals surface area (Å²) in [5.74, 6) is 0. The van der Waals surface area contributed by atoms with Gasteiger partial charge in [-0.1, -0.05) is 0 Å². The summed E-state index contributed by atoms with van der Waals surface area (Å²) in [7, 11) is 3.97. The van der Waals surface area contributed by atoms with Crippen LogP contribution in [0.4, 0.5) is 0 Å². The van der Waals surface area contributed by atoms with Gasteiger partial charge < -0.3 is 4.90 Å². The van der Waals surface area contributed by atoms with Crippen molar-refractivity contribution in [1.82, 2.24) is 4.90 Å². The van der Waals surface area contributed by atoms with Crippen molar-refractivity contribution in [2.24, 2.45) is 9.98 Å². The van der Waals surface area contributed by atoms with Crippen LogP contribution in [0.15, 0.2) is 21.8 Å². The van der Waals surface area contributed by atoms with Gasteiger partial charge in [-0.05, 0) is 0 Å². The van der Waals surface area contributed by atoms with Gasteiger partial charge in [-0.25, -0.2) is 4.99 Å². The molecule has 0 atom stereocenters. The molecule has 0 bridgehead atoms. The van der Waals surface area contributed by atoms with E-state index in [1.165, 1.54) is 0 Å². The smallest absolute Gasteiger partial charge is 0.110 e. The van der Waals surface area contributed by atoms with Gasteiger partial charge >= 0.3 is 0 Å². The minimum Gasteiger partial charge on any atom is -0.383 e. The molecule has 54 valence electrons. The van der Waals surface area contributed by atoms with Crippen molar-refractivity contribution < 1.29 is 0 Å². The van der Waals surface area contributed by atoms with Crippen LogP contribution in [0.5, 0.6) is 0 Å². The van der Waals surface area contributed by atoms with Crippen molar-refractivity contribution in [1.29, 1.82) is 0 Å². The Morgan fingerprint density at radius 2 is 2.40 bits per heavy atom. The Balaban J connectivity index is 2.58. The molecule has 0 unspecified atom stereocenters. The largest absolute Gasteiger partial charge is 0.383 e. The molecule has 0 fully saturated rings. The zero-order valence-corrected chi connectivity index (χ0v) is 6.28. The number of nitrogens with zero attached hydrogens (tertiary/aromatic N) is 3. The van der Waals surface area contributed by atoms with Gasteiger partial charge in [0.25, 0.3) is 0 Å². The maximum atomic E-state index is 3.99. The zero-order chi connectivity index (χ0) is 7.40. The molecule has 0 aliphatic carbocycles. The second kappa shape index (κ2) is 3.15. The van der Waals surface area contributed by atoms with Crippen molar-refractivity contribution in [2.45, 2.75) is 0 Å². The molecule has 0 saturated carbocycles. The maximum absolute atomic E-state index is 3.99. The average molecular weight is 137 g/mol. The highest BCUT2D eigenvalue weighted by Gasteiger charge is 1.94. The third kappa shape index (κ3) is 2.01. The van der Waals surface area contributed by atoms with Crippen molar-refractivity contribution in [3.63, 3.8) is 0 Å². The lowest BCUT2D eigenvalue weighted by Crippen LogP contribution is -2.06. The summed E-state index contributed by atoms with van der Waals surface area (Å²) in [4.78, 5) is 9.88. The molecule has 0 aromatic carbocycles. The first-order chi connectivity index (χ1) is 4.79. The van der Waals surface area contributed by atoms with Gasteiger partial charge in [-0.3, -0.25) is 4.99 Å². The van der Waals surface area contributed by atoms with E-state index in [2.05, 4.69) is 9.98 Å². The first-order valence-electron chi connectivity index (χ1n) is 3.17. The molecule has 1 aliphatic rings. The van der Waals surface area contributed by atoms with Gasteiger partial charge in [0, 0.05) is 32.1 Å². The van der Waals surface area contributed by atoms with Crippen LogP contribution in [0.3, 0.4) is 0 Å². The molecule has 3 nitrogen and oxygen atoms in total. The van der Waals surface area contributed by atoms with Crippen molar-refractivity contribution in [3.05, 3.63) is 11.8 Å².